The number of benzene rings is 2. The number of alkyl halides is 2. The quantitative estimate of drug-likeness (QED) is 0.645. The summed E-state index contributed by atoms with van der Waals surface area (Å²) in [4.78, 5) is 17.2. The molecule has 8 heteroatoms. The summed E-state index contributed by atoms with van der Waals surface area (Å²) in [6, 6.07) is 10.2. The van der Waals surface area contributed by atoms with Gasteiger partial charge in [-0.1, -0.05) is 12.1 Å². The molecule has 3 aromatic rings. The van der Waals surface area contributed by atoms with Gasteiger partial charge in [-0.3, -0.25) is 4.79 Å². The van der Waals surface area contributed by atoms with E-state index < -0.39 is 6.29 Å². The Balaban J connectivity index is 1.56. The minimum absolute atomic E-state index is 0.000908. The van der Waals surface area contributed by atoms with Gasteiger partial charge < -0.3 is 14.8 Å². The Hall–Kier alpha value is -3.00. The summed E-state index contributed by atoms with van der Waals surface area (Å²) in [5.41, 5.74) is 3.65. The van der Waals surface area contributed by atoms with Crippen LogP contribution in [-0.2, 0) is 0 Å². The fraction of sp³-hybridized carbons (Fsp3) is 0.200. The second kappa shape index (κ2) is 6.56. The smallest absolute Gasteiger partial charge is 0.395 e. The lowest BCUT2D eigenvalue weighted by Gasteiger charge is -2.09. The summed E-state index contributed by atoms with van der Waals surface area (Å²) >= 11 is 1.34. The number of carbonyl (C=O) groups excluding carboxylic acids is 1. The van der Waals surface area contributed by atoms with Crippen LogP contribution in [-0.4, -0.2) is 17.2 Å². The van der Waals surface area contributed by atoms with E-state index in [2.05, 4.69) is 19.8 Å². The summed E-state index contributed by atoms with van der Waals surface area (Å²) in [6.45, 7) is 5.46. The van der Waals surface area contributed by atoms with Crippen LogP contribution in [0.25, 0.3) is 11.1 Å². The normalized spacial score (nSPS) is 14.2. The third kappa shape index (κ3) is 3.43. The molecular weight excluding hydrogens is 386 g/mol. The number of amides is 1. The molecule has 1 amide bonds. The third-order valence-corrected chi connectivity index (χ3v) is 5.38. The zero-order valence-corrected chi connectivity index (χ0v) is 16.1. The highest BCUT2D eigenvalue weighted by Crippen LogP contribution is 2.44. The molecule has 2 aromatic carbocycles. The van der Waals surface area contributed by atoms with Crippen LogP contribution in [0, 0.1) is 20.8 Å². The van der Waals surface area contributed by atoms with Crippen molar-refractivity contribution in [2.75, 3.05) is 5.32 Å². The third-order valence-electron chi connectivity index (χ3n) is 4.31. The maximum absolute atomic E-state index is 13.3. The first-order valence-corrected chi connectivity index (χ1v) is 9.30. The zero-order valence-electron chi connectivity index (χ0n) is 15.3. The molecule has 1 aromatic heterocycles. The predicted octanol–water partition coefficient (Wildman–Crippen LogP) is 5.31. The Morgan fingerprint density at radius 2 is 1.71 bits per heavy atom. The minimum atomic E-state index is -3.64. The summed E-state index contributed by atoms with van der Waals surface area (Å²) in [6.07, 6.45) is -3.64. The van der Waals surface area contributed by atoms with Crippen molar-refractivity contribution in [2.45, 2.75) is 27.1 Å². The van der Waals surface area contributed by atoms with Gasteiger partial charge in [0.15, 0.2) is 11.5 Å². The maximum Gasteiger partial charge on any atom is 0.586 e. The van der Waals surface area contributed by atoms with Gasteiger partial charge in [-0.2, -0.15) is 0 Å². The van der Waals surface area contributed by atoms with E-state index in [4.69, 9.17) is 0 Å². The fourth-order valence-corrected chi connectivity index (χ4v) is 3.89. The van der Waals surface area contributed by atoms with Crippen LogP contribution in [0.2, 0.25) is 0 Å². The molecule has 2 heterocycles. The average Bonchev–Trinajstić information content (AvgIpc) is 3.11. The van der Waals surface area contributed by atoms with Gasteiger partial charge in [-0.05, 0) is 61.7 Å². The van der Waals surface area contributed by atoms with Crippen molar-refractivity contribution in [1.29, 1.82) is 0 Å². The molecule has 0 spiro atoms. The highest BCUT2D eigenvalue weighted by Gasteiger charge is 2.43. The molecule has 0 saturated heterocycles. The molecule has 28 heavy (non-hydrogen) atoms. The lowest BCUT2D eigenvalue weighted by atomic mass is 9.99. The number of rotatable bonds is 3. The van der Waals surface area contributed by atoms with Crippen molar-refractivity contribution < 1.29 is 23.0 Å². The maximum atomic E-state index is 13.3. The lowest BCUT2D eigenvalue weighted by Crippen LogP contribution is -2.25. The molecule has 144 valence electrons. The number of fused-ring (bicyclic) bond motifs is 1. The van der Waals surface area contributed by atoms with Crippen molar-refractivity contribution in [1.82, 2.24) is 4.98 Å². The number of hydrogen-bond donors (Lipinski definition) is 1. The van der Waals surface area contributed by atoms with Gasteiger partial charge in [-0.15, -0.1) is 20.1 Å². The first-order chi connectivity index (χ1) is 13.2. The van der Waals surface area contributed by atoms with Crippen molar-refractivity contribution in [3.05, 3.63) is 57.5 Å². The predicted molar refractivity (Wildman–Crippen MR) is 102 cm³/mol. The van der Waals surface area contributed by atoms with Gasteiger partial charge in [0, 0.05) is 5.69 Å². The van der Waals surface area contributed by atoms with Crippen LogP contribution in [0.3, 0.4) is 0 Å². The molecule has 1 N–H and O–H groups in total. The van der Waals surface area contributed by atoms with Gasteiger partial charge in [0.25, 0.3) is 5.91 Å². The van der Waals surface area contributed by atoms with Gasteiger partial charge in [-0.25, -0.2) is 4.98 Å². The molecule has 0 atom stereocenters. The van der Waals surface area contributed by atoms with Crippen molar-refractivity contribution in [3.8, 4) is 22.6 Å². The SMILES string of the molecule is Cc1nc(C)c(C(=O)Nc2ccc(-c3cc4c(cc3C)OC(F)(F)O4)cc2)s1. The number of aromatic nitrogens is 1. The molecule has 0 radical (unpaired) electrons. The molecule has 0 saturated carbocycles. The van der Waals surface area contributed by atoms with E-state index in [0.29, 0.717) is 16.3 Å². The standard InChI is InChI=1S/C20H16F2N2O3S/c1-10-8-16-17(27-20(21,22)26-16)9-15(10)13-4-6-14(7-5-13)24-19(25)18-11(2)23-12(3)28-18/h4-9H,1-3H3,(H,24,25). The van der Waals surface area contributed by atoms with Crippen molar-refractivity contribution >= 4 is 22.9 Å². The molecule has 1 aliphatic heterocycles. The minimum Gasteiger partial charge on any atom is -0.395 e. The molecule has 1 aliphatic rings. The molecular formula is C20H16F2N2O3S. The van der Waals surface area contributed by atoms with Crippen LogP contribution < -0.4 is 14.8 Å². The lowest BCUT2D eigenvalue weighted by molar-refractivity contribution is -0.286. The van der Waals surface area contributed by atoms with Crippen LogP contribution in [0.5, 0.6) is 11.5 Å². The Labute approximate surface area is 163 Å². The highest BCUT2D eigenvalue weighted by atomic mass is 32.1. The summed E-state index contributed by atoms with van der Waals surface area (Å²) in [7, 11) is 0. The van der Waals surface area contributed by atoms with Gasteiger partial charge in [0.1, 0.15) is 4.88 Å². The van der Waals surface area contributed by atoms with E-state index >= 15 is 0 Å². The summed E-state index contributed by atoms with van der Waals surface area (Å²) in [5.74, 6) is -0.193. The number of carbonyl (C=O) groups is 1. The summed E-state index contributed by atoms with van der Waals surface area (Å²) < 4.78 is 35.5. The van der Waals surface area contributed by atoms with E-state index in [9.17, 15) is 13.6 Å². The molecule has 0 aliphatic carbocycles. The van der Waals surface area contributed by atoms with Crippen LogP contribution in [0.4, 0.5) is 14.5 Å². The van der Waals surface area contributed by atoms with E-state index in [-0.39, 0.29) is 17.4 Å². The number of hydrogen-bond acceptors (Lipinski definition) is 5. The Morgan fingerprint density at radius 1 is 1.07 bits per heavy atom. The highest BCUT2D eigenvalue weighted by molar-refractivity contribution is 7.13. The number of ether oxygens (including phenoxy) is 2. The number of anilines is 1. The van der Waals surface area contributed by atoms with Gasteiger partial charge >= 0.3 is 6.29 Å². The van der Waals surface area contributed by atoms with Crippen molar-refractivity contribution in [2.24, 2.45) is 0 Å². The Kier molecular flexibility index (Phi) is 4.30. The van der Waals surface area contributed by atoms with E-state index in [1.165, 1.54) is 23.5 Å². The van der Waals surface area contributed by atoms with Gasteiger partial charge in [0.05, 0.1) is 10.7 Å². The van der Waals surface area contributed by atoms with Crippen molar-refractivity contribution in [3.63, 3.8) is 0 Å². The largest absolute Gasteiger partial charge is 0.586 e. The number of thiazole rings is 1. The van der Waals surface area contributed by atoms with Gasteiger partial charge in [0.2, 0.25) is 0 Å². The topological polar surface area (TPSA) is 60.5 Å². The second-order valence-electron chi connectivity index (χ2n) is 6.46. The Bertz CT molecular complexity index is 1080. The number of halogens is 2. The first-order valence-electron chi connectivity index (χ1n) is 8.48. The van der Waals surface area contributed by atoms with Crippen LogP contribution >= 0.6 is 11.3 Å². The number of aryl methyl sites for hydroxylation is 3. The zero-order chi connectivity index (χ0) is 20.1. The van der Waals surface area contributed by atoms with Crippen LogP contribution in [0.1, 0.15) is 25.9 Å². The Morgan fingerprint density at radius 3 is 2.32 bits per heavy atom. The molecule has 4 rings (SSSR count). The van der Waals surface area contributed by atoms with E-state index in [1.807, 2.05) is 19.1 Å². The second-order valence-corrected chi connectivity index (χ2v) is 7.66. The average molecular weight is 402 g/mol. The number of nitrogens with zero attached hydrogens (tertiary/aromatic N) is 1. The van der Waals surface area contributed by atoms with E-state index in [1.54, 1.807) is 26.0 Å². The first kappa shape index (κ1) is 18.4. The monoisotopic (exact) mass is 402 g/mol. The molecule has 0 bridgehead atoms. The molecule has 0 unspecified atom stereocenters. The van der Waals surface area contributed by atoms with Crippen LogP contribution in [0.15, 0.2) is 36.4 Å². The van der Waals surface area contributed by atoms with E-state index in [0.717, 1.165) is 21.7 Å². The fourth-order valence-electron chi connectivity index (χ4n) is 3.07. The molecule has 5 nitrogen and oxygen atoms in total. The number of nitrogens with one attached hydrogen (secondary N) is 1. The summed E-state index contributed by atoms with van der Waals surface area (Å²) in [5, 5.41) is 3.68. The molecule has 0 fully saturated rings.